The normalized spacial score (nSPS) is 12.5. The van der Waals surface area contributed by atoms with Crippen molar-refractivity contribution in [2.45, 2.75) is 19.6 Å². The van der Waals surface area contributed by atoms with E-state index in [0.717, 1.165) is 21.5 Å². The largest absolute Gasteiger partial charge is 0.389 e. The summed E-state index contributed by atoms with van der Waals surface area (Å²) in [5.41, 5.74) is 1.92. The average molecular weight is 324 g/mol. The standard InChI is InChI=1S/C14H18BrN3O/c1-10(19)12-8-11(15)4-5-13(12)18(3)9-14-16-6-7-17(14)2/h4-8,10,19H,9H2,1-3H3. The van der Waals surface area contributed by atoms with Crippen LogP contribution in [0, 0.1) is 0 Å². The van der Waals surface area contributed by atoms with Crippen LogP contribution in [0.4, 0.5) is 5.69 Å². The highest BCUT2D eigenvalue weighted by molar-refractivity contribution is 9.10. The molecule has 1 heterocycles. The highest BCUT2D eigenvalue weighted by Gasteiger charge is 2.13. The molecule has 0 bridgehead atoms. The summed E-state index contributed by atoms with van der Waals surface area (Å²) in [5.74, 6) is 0.988. The highest BCUT2D eigenvalue weighted by atomic mass is 79.9. The second kappa shape index (κ2) is 5.75. The lowest BCUT2D eigenvalue weighted by Crippen LogP contribution is -2.20. The van der Waals surface area contributed by atoms with E-state index < -0.39 is 6.10 Å². The molecule has 1 N–H and O–H groups in total. The van der Waals surface area contributed by atoms with Crippen molar-refractivity contribution < 1.29 is 5.11 Å². The molecule has 5 heteroatoms. The Morgan fingerprint density at radius 3 is 2.79 bits per heavy atom. The van der Waals surface area contributed by atoms with Gasteiger partial charge in [-0.05, 0) is 25.1 Å². The first-order valence-electron chi connectivity index (χ1n) is 6.14. The fraction of sp³-hybridized carbons (Fsp3) is 0.357. The molecule has 0 aliphatic carbocycles. The Labute approximate surface area is 121 Å². The summed E-state index contributed by atoms with van der Waals surface area (Å²) in [6.07, 6.45) is 3.22. The van der Waals surface area contributed by atoms with Gasteiger partial charge in [0, 0.05) is 42.2 Å². The third kappa shape index (κ3) is 3.16. The van der Waals surface area contributed by atoms with Crippen LogP contribution >= 0.6 is 15.9 Å². The van der Waals surface area contributed by atoms with Crippen molar-refractivity contribution in [3.63, 3.8) is 0 Å². The number of imidazole rings is 1. The fourth-order valence-corrected chi connectivity index (χ4v) is 2.43. The maximum atomic E-state index is 9.89. The summed E-state index contributed by atoms with van der Waals surface area (Å²) in [7, 11) is 3.98. The zero-order chi connectivity index (χ0) is 14.0. The number of aryl methyl sites for hydroxylation is 1. The quantitative estimate of drug-likeness (QED) is 0.940. The van der Waals surface area contributed by atoms with Gasteiger partial charge in [0.25, 0.3) is 0 Å². The summed E-state index contributed by atoms with van der Waals surface area (Å²) in [6, 6.07) is 5.94. The molecule has 0 spiro atoms. The van der Waals surface area contributed by atoms with E-state index in [2.05, 4.69) is 25.8 Å². The topological polar surface area (TPSA) is 41.3 Å². The number of aliphatic hydroxyl groups is 1. The zero-order valence-corrected chi connectivity index (χ0v) is 12.9. The Hall–Kier alpha value is -1.33. The SMILES string of the molecule is CC(O)c1cc(Br)ccc1N(C)Cc1nccn1C. The lowest BCUT2D eigenvalue weighted by atomic mass is 10.1. The van der Waals surface area contributed by atoms with Gasteiger partial charge in [0.2, 0.25) is 0 Å². The second-order valence-corrected chi connectivity index (χ2v) is 5.61. The molecule has 0 radical (unpaired) electrons. The number of hydrogen-bond acceptors (Lipinski definition) is 3. The molecule has 0 saturated carbocycles. The molecular formula is C14H18BrN3O. The van der Waals surface area contributed by atoms with Gasteiger partial charge in [0.15, 0.2) is 0 Å². The minimum absolute atomic E-state index is 0.503. The minimum atomic E-state index is -0.503. The van der Waals surface area contributed by atoms with Crippen LogP contribution in [0.3, 0.4) is 0 Å². The molecule has 1 aromatic carbocycles. The Balaban J connectivity index is 2.28. The van der Waals surface area contributed by atoms with Crippen molar-refractivity contribution >= 4 is 21.6 Å². The molecule has 0 saturated heterocycles. The Morgan fingerprint density at radius 2 is 2.21 bits per heavy atom. The van der Waals surface area contributed by atoms with Crippen LogP contribution in [0.1, 0.15) is 24.4 Å². The van der Waals surface area contributed by atoms with Crippen molar-refractivity contribution in [3.05, 3.63) is 46.5 Å². The summed E-state index contributed by atoms with van der Waals surface area (Å²) in [5, 5.41) is 9.89. The highest BCUT2D eigenvalue weighted by Crippen LogP contribution is 2.29. The van der Waals surface area contributed by atoms with Gasteiger partial charge >= 0.3 is 0 Å². The Morgan fingerprint density at radius 1 is 1.47 bits per heavy atom. The smallest absolute Gasteiger partial charge is 0.127 e. The molecule has 102 valence electrons. The van der Waals surface area contributed by atoms with Crippen LogP contribution in [0.15, 0.2) is 35.1 Å². The maximum absolute atomic E-state index is 9.89. The first-order chi connectivity index (χ1) is 8.99. The second-order valence-electron chi connectivity index (χ2n) is 4.69. The van der Waals surface area contributed by atoms with E-state index in [0.29, 0.717) is 6.54 Å². The molecule has 0 amide bonds. The van der Waals surface area contributed by atoms with E-state index in [-0.39, 0.29) is 0 Å². The van der Waals surface area contributed by atoms with Gasteiger partial charge in [-0.1, -0.05) is 15.9 Å². The van der Waals surface area contributed by atoms with E-state index in [1.165, 1.54) is 0 Å². The van der Waals surface area contributed by atoms with Crippen LogP contribution in [-0.2, 0) is 13.6 Å². The lowest BCUT2D eigenvalue weighted by Gasteiger charge is -2.23. The van der Waals surface area contributed by atoms with Crippen molar-refractivity contribution in [2.24, 2.45) is 7.05 Å². The predicted octanol–water partition coefficient (Wildman–Crippen LogP) is 2.87. The van der Waals surface area contributed by atoms with Crippen molar-refractivity contribution in [1.29, 1.82) is 0 Å². The number of nitrogens with zero attached hydrogens (tertiary/aromatic N) is 3. The lowest BCUT2D eigenvalue weighted by molar-refractivity contribution is 0.199. The van der Waals surface area contributed by atoms with Gasteiger partial charge in [0.1, 0.15) is 5.82 Å². The number of hydrogen-bond donors (Lipinski definition) is 1. The van der Waals surface area contributed by atoms with E-state index in [9.17, 15) is 5.11 Å². The molecule has 0 fully saturated rings. The van der Waals surface area contributed by atoms with Gasteiger partial charge in [-0.3, -0.25) is 0 Å². The Kier molecular flexibility index (Phi) is 4.27. The van der Waals surface area contributed by atoms with Crippen LogP contribution in [0.2, 0.25) is 0 Å². The van der Waals surface area contributed by atoms with Crippen LogP contribution < -0.4 is 4.90 Å². The average Bonchev–Trinajstić information content (AvgIpc) is 2.74. The number of aromatic nitrogens is 2. The monoisotopic (exact) mass is 323 g/mol. The number of benzene rings is 1. The third-order valence-electron chi connectivity index (χ3n) is 3.15. The molecule has 1 unspecified atom stereocenters. The first kappa shape index (κ1) is 14.1. The number of anilines is 1. The molecule has 0 aliphatic rings. The van der Waals surface area contributed by atoms with Crippen LogP contribution in [-0.4, -0.2) is 21.7 Å². The molecule has 1 aromatic heterocycles. The van der Waals surface area contributed by atoms with Crippen molar-refractivity contribution in [3.8, 4) is 0 Å². The summed E-state index contributed by atoms with van der Waals surface area (Å²) in [4.78, 5) is 6.42. The number of halogens is 1. The molecule has 2 rings (SSSR count). The van der Waals surface area contributed by atoms with Crippen molar-refractivity contribution in [2.75, 3.05) is 11.9 Å². The fourth-order valence-electron chi connectivity index (χ4n) is 2.05. The Bertz CT molecular complexity index is 566. The van der Waals surface area contributed by atoms with Gasteiger partial charge < -0.3 is 14.6 Å². The number of rotatable bonds is 4. The summed E-state index contributed by atoms with van der Waals surface area (Å²) < 4.78 is 2.97. The van der Waals surface area contributed by atoms with Crippen molar-refractivity contribution in [1.82, 2.24) is 9.55 Å². The number of aliphatic hydroxyl groups excluding tert-OH is 1. The van der Waals surface area contributed by atoms with Gasteiger partial charge in [-0.2, -0.15) is 0 Å². The molecule has 0 aliphatic heterocycles. The predicted molar refractivity (Wildman–Crippen MR) is 80.1 cm³/mol. The van der Waals surface area contributed by atoms with Gasteiger partial charge in [-0.25, -0.2) is 4.98 Å². The summed E-state index contributed by atoms with van der Waals surface area (Å²) in [6.45, 7) is 2.48. The molecule has 4 nitrogen and oxygen atoms in total. The molecular weight excluding hydrogens is 306 g/mol. The van der Waals surface area contributed by atoms with E-state index in [4.69, 9.17) is 0 Å². The minimum Gasteiger partial charge on any atom is -0.389 e. The van der Waals surface area contributed by atoms with Crippen LogP contribution in [0.5, 0.6) is 0 Å². The molecule has 19 heavy (non-hydrogen) atoms. The van der Waals surface area contributed by atoms with E-state index in [1.54, 1.807) is 13.1 Å². The van der Waals surface area contributed by atoms with Crippen LogP contribution in [0.25, 0.3) is 0 Å². The van der Waals surface area contributed by atoms with Gasteiger partial charge in [-0.15, -0.1) is 0 Å². The van der Waals surface area contributed by atoms with E-state index in [1.807, 2.05) is 43.1 Å². The first-order valence-corrected chi connectivity index (χ1v) is 6.93. The maximum Gasteiger partial charge on any atom is 0.127 e. The molecule has 2 aromatic rings. The zero-order valence-electron chi connectivity index (χ0n) is 11.3. The third-order valence-corrected chi connectivity index (χ3v) is 3.64. The van der Waals surface area contributed by atoms with E-state index >= 15 is 0 Å². The molecule has 1 atom stereocenters. The van der Waals surface area contributed by atoms with Gasteiger partial charge in [0.05, 0.1) is 12.6 Å². The summed E-state index contributed by atoms with van der Waals surface area (Å²) >= 11 is 3.44.